The smallest absolute Gasteiger partial charge is 0.161 e. The van der Waals surface area contributed by atoms with E-state index in [2.05, 4.69) is 35.2 Å². The summed E-state index contributed by atoms with van der Waals surface area (Å²) >= 11 is 0. The van der Waals surface area contributed by atoms with Gasteiger partial charge < -0.3 is 24.5 Å². The molecule has 0 fully saturated rings. The number of imidazole rings is 1. The number of H-pyrrole nitrogens is 1. The summed E-state index contributed by atoms with van der Waals surface area (Å²) in [6.45, 7) is 5.51. The number of nitrogens with zero attached hydrogens (tertiary/aromatic N) is 1. The number of hydrogen-bond acceptors (Lipinski definition) is 5. The first-order valence-electron chi connectivity index (χ1n) is 9.19. The number of ether oxygens (including phenoxy) is 3. The Morgan fingerprint density at radius 2 is 1.89 bits per heavy atom. The van der Waals surface area contributed by atoms with E-state index >= 15 is 0 Å². The Bertz CT molecular complexity index is 892. The van der Waals surface area contributed by atoms with Crippen LogP contribution in [0.5, 0.6) is 17.2 Å². The van der Waals surface area contributed by atoms with Crippen molar-refractivity contribution in [1.82, 2.24) is 15.3 Å². The summed E-state index contributed by atoms with van der Waals surface area (Å²) in [6.07, 6.45) is 1.12. The molecule has 3 aromatic rings. The molecule has 2 aromatic carbocycles. The number of aromatic nitrogens is 2. The van der Waals surface area contributed by atoms with Crippen LogP contribution in [0.2, 0.25) is 0 Å². The maximum absolute atomic E-state index is 5.90. The van der Waals surface area contributed by atoms with Gasteiger partial charge in [-0.1, -0.05) is 13.0 Å². The molecule has 0 bridgehead atoms. The summed E-state index contributed by atoms with van der Waals surface area (Å²) in [5, 5.41) is 3.41. The predicted molar refractivity (Wildman–Crippen MR) is 107 cm³/mol. The number of nitrogens with one attached hydrogen (secondary N) is 2. The van der Waals surface area contributed by atoms with Crippen molar-refractivity contribution in [1.29, 1.82) is 0 Å². The molecule has 6 heteroatoms. The minimum atomic E-state index is 0.162. The lowest BCUT2D eigenvalue weighted by Crippen LogP contribution is -2.14. The normalized spacial score (nSPS) is 12.1. The molecule has 0 saturated heterocycles. The van der Waals surface area contributed by atoms with Crippen LogP contribution >= 0.6 is 0 Å². The molecule has 2 N–H and O–H groups in total. The summed E-state index contributed by atoms with van der Waals surface area (Å²) in [5.41, 5.74) is 3.03. The molecule has 3 rings (SSSR count). The molecule has 0 spiro atoms. The van der Waals surface area contributed by atoms with Gasteiger partial charge in [-0.25, -0.2) is 4.98 Å². The first kappa shape index (κ1) is 19.0. The number of benzene rings is 2. The minimum absolute atomic E-state index is 0.162. The SMILES string of the molecule is CCC(C)Oc1ccc(CNCc2nc3ccc(OC)cc3[nH]2)cc1OC. The Labute approximate surface area is 159 Å². The van der Waals surface area contributed by atoms with Gasteiger partial charge in [-0.15, -0.1) is 0 Å². The van der Waals surface area contributed by atoms with Crippen LogP contribution in [-0.4, -0.2) is 30.3 Å². The molecule has 0 aliphatic carbocycles. The van der Waals surface area contributed by atoms with E-state index in [1.165, 1.54) is 0 Å². The summed E-state index contributed by atoms with van der Waals surface area (Å²) < 4.78 is 16.6. The maximum atomic E-state index is 5.90. The van der Waals surface area contributed by atoms with E-state index < -0.39 is 0 Å². The van der Waals surface area contributed by atoms with Crippen LogP contribution < -0.4 is 19.5 Å². The average Bonchev–Trinajstić information content (AvgIpc) is 3.10. The van der Waals surface area contributed by atoms with E-state index in [9.17, 15) is 0 Å². The van der Waals surface area contributed by atoms with Gasteiger partial charge in [0.05, 0.1) is 37.9 Å². The second kappa shape index (κ2) is 8.77. The second-order valence-electron chi connectivity index (χ2n) is 6.49. The van der Waals surface area contributed by atoms with Gasteiger partial charge in [0, 0.05) is 12.6 Å². The van der Waals surface area contributed by atoms with Gasteiger partial charge in [-0.2, -0.15) is 0 Å². The van der Waals surface area contributed by atoms with Crippen LogP contribution in [-0.2, 0) is 13.1 Å². The molecule has 1 aromatic heterocycles. The number of hydrogen-bond donors (Lipinski definition) is 2. The Kier molecular flexibility index (Phi) is 6.19. The van der Waals surface area contributed by atoms with Crippen LogP contribution in [0.15, 0.2) is 36.4 Å². The zero-order valence-electron chi connectivity index (χ0n) is 16.3. The van der Waals surface area contributed by atoms with Gasteiger partial charge in [-0.3, -0.25) is 0 Å². The summed E-state index contributed by atoms with van der Waals surface area (Å²) in [5.74, 6) is 3.24. The van der Waals surface area contributed by atoms with Crippen molar-refractivity contribution in [3.8, 4) is 17.2 Å². The van der Waals surface area contributed by atoms with Crippen LogP contribution in [0.25, 0.3) is 11.0 Å². The molecular formula is C21H27N3O3. The molecule has 1 unspecified atom stereocenters. The maximum Gasteiger partial charge on any atom is 0.161 e. The number of fused-ring (bicyclic) bond motifs is 1. The Hall–Kier alpha value is -2.73. The highest BCUT2D eigenvalue weighted by atomic mass is 16.5. The molecular weight excluding hydrogens is 342 g/mol. The lowest BCUT2D eigenvalue weighted by atomic mass is 10.2. The second-order valence-corrected chi connectivity index (χ2v) is 6.49. The molecule has 1 heterocycles. The van der Waals surface area contributed by atoms with Crippen LogP contribution in [0, 0.1) is 0 Å². The third-order valence-electron chi connectivity index (χ3n) is 4.49. The molecule has 0 radical (unpaired) electrons. The molecule has 27 heavy (non-hydrogen) atoms. The first-order valence-corrected chi connectivity index (χ1v) is 9.19. The Balaban J connectivity index is 1.61. The van der Waals surface area contributed by atoms with Crippen LogP contribution in [0.1, 0.15) is 31.7 Å². The standard InChI is InChI=1S/C21H27N3O3/c1-5-14(2)27-19-9-6-15(10-20(19)26-4)12-22-13-21-23-17-8-7-16(25-3)11-18(17)24-21/h6-11,14,22H,5,12-13H2,1-4H3,(H,23,24). The van der Waals surface area contributed by atoms with Crippen molar-refractivity contribution in [3.05, 3.63) is 47.8 Å². The summed E-state index contributed by atoms with van der Waals surface area (Å²) in [4.78, 5) is 7.91. The predicted octanol–water partition coefficient (Wildman–Crippen LogP) is 4.05. The Morgan fingerprint density at radius 3 is 2.63 bits per heavy atom. The van der Waals surface area contributed by atoms with E-state index in [1.54, 1.807) is 14.2 Å². The first-order chi connectivity index (χ1) is 13.1. The van der Waals surface area contributed by atoms with Crippen LogP contribution in [0.3, 0.4) is 0 Å². The van der Waals surface area contributed by atoms with E-state index in [-0.39, 0.29) is 6.10 Å². The summed E-state index contributed by atoms with van der Waals surface area (Å²) in [6, 6.07) is 11.8. The zero-order valence-corrected chi connectivity index (χ0v) is 16.3. The van der Waals surface area contributed by atoms with Gasteiger partial charge in [0.25, 0.3) is 0 Å². The topological polar surface area (TPSA) is 68.4 Å². The minimum Gasteiger partial charge on any atom is -0.497 e. The molecule has 0 aliphatic rings. The highest BCUT2D eigenvalue weighted by molar-refractivity contribution is 5.76. The van der Waals surface area contributed by atoms with E-state index in [0.717, 1.165) is 46.1 Å². The van der Waals surface area contributed by atoms with Crippen molar-refractivity contribution in [2.75, 3.05) is 14.2 Å². The van der Waals surface area contributed by atoms with Gasteiger partial charge in [-0.05, 0) is 43.2 Å². The fourth-order valence-corrected chi connectivity index (χ4v) is 2.80. The molecule has 0 amide bonds. The molecule has 144 valence electrons. The van der Waals surface area contributed by atoms with Crippen molar-refractivity contribution in [3.63, 3.8) is 0 Å². The lowest BCUT2D eigenvalue weighted by Gasteiger charge is -2.16. The highest BCUT2D eigenvalue weighted by Gasteiger charge is 2.09. The zero-order chi connectivity index (χ0) is 19.2. The molecule has 6 nitrogen and oxygen atoms in total. The largest absolute Gasteiger partial charge is 0.497 e. The van der Waals surface area contributed by atoms with Crippen molar-refractivity contribution in [2.24, 2.45) is 0 Å². The molecule has 0 aliphatic heterocycles. The van der Waals surface area contributed by atoms with Gasteiger partial charge in [0.2, 0.25) is 0 Å². The van der Waals surface area contributed by atoms with E-state index in [0.29, 0.717) is 13.1 Å². The monoisotopic (exact) mass is 369 g/mol. The molecule has 0 saturated carbocycles. The average molecular weight is 369 g/mol. The fraction of sp³-hybridized carbons (Fsp3) is 0.381. The number of methoxy groups -OCH3 is 2. The van der Waals surface area contributed by atoms with Crippen LogP contribution in [0.4, 0.5) is 0 Å². The lowest BCUT2D eigenvalue weighted by molar-refractivity contribution is 0.207. The van der Waals surface area contributed by atoms with Crippen molar-refractivity contribution in [2.45, 2.75) is 39.5 Å². The summed E-state index contributed by atoms with van der Waals surface area (Å²) in [7, 11) is 3.33. The van der Waals surface area contributed by atoms with Gasteiger partial charge in [0.1, 0.15) is 11.6 Å². The number of aromatic amines is 1. The van der Waals surface area contributed by atoms with Gasteiger partial charge >= 0.3 is 0 Å². The highest BCUT2D eigenvalue weighted by Crippen LogP contribution is 2.29. The van der Waals surface area contributed by atoms with E-state index in [1.807, 2.05) is 30.3 Å². The number of rotatable bonds is 9. The van der Waals surface area contributed by atoms with Gasteiger partial charge in [0.15, 0.2) is 11.5 Å². The fourth-order valence-electron chi connectivity index (χ4n) is 2.80. The molecule has 1 atom stereocenters. The quantitative estimate of drug-likeness (QED) is 0.596. The third kappa shape index (κ3) is 4.71. The Morgan fingerprint density at radius 1 is 1.04 bits per heavy atom. The third-order valence-corrected chi connectivity index (χ3v) is 4.49. The van der Waals surface area contributed by atoms with E-state index in [4.69, 9.17) is 14.2 Å². The van der Waals surface area contributed by atoms with Crippen molar-refractivity contribution < 1.29 is 14.2 Å². The van der Waals surface area contributed by atoms with Crippen molar-refractivity contribution >= 4 is 11.0 Å².